The predicted molar refractivity (Wildman–Crippen MR) is 69.8 cm³/mol. The molecule has 1 heterocycles. The van der Waals surface area contributed by atoms with Gasteiger partial charge in [-0.3, -0.25) is 4.79 Å². The van der Waals surface area contributed by atoms with Gasteiger partial charge in [-0.15, -0.1) is 11.3 Å². The summed E-state index contributed by atoms with van der Waals surface area (Å²) in [6.07, 6.45) is 1.75. The summed E-state index contributed by atoms with van der Waals surface area (Å²) in [5.74, 6) is 0.838. The Hall–Kier alpha value is -1.33. The summed E-state index contributed by atoms with van der Waals surface area (Å²) in [4.78, 5) is 15.4. The average molecular weight is 265 g/mol. The van der Waals surface area contributed by atoms with Crippen molar-refractivity contribution in [2.24, 2.45) is 0 Å². The monoisotopic (exact) mass is 265 g/mol. The maximum absolute atomic E-state index is 11.2. The topological polar surface area (TPSA) is 50.2 Å². The van der Waals surface area contributed by atoms with Crippen molar-refractivity contribution in [2.45, 2.75) is 17.0 Å². The zero-order valence-electron chi connectivity index (χ0n) is 9.21. The smallest absolute Gasteiger partial charge is 0.159 e. The molecule has 0 spiro atoms. The van der Waals surface area contributed by atoms with E-state index in [1.165, 1.54) is 6.92 Å². The van der Waals surface area contributed by atoms with Gasteiger partial charge in [0.25, 0.3) is 0 Å². The molecule has 0 aliphatic heterocycles. The van der Waals surface area contributed by atoms with Crippen LogP contribution in [0.4, 0.5) is 0 Å². The second kappa shape index (κ2) is 5.33. The van der Waals surface area contributed by atoms with Gasteiger partial charge in [0.1, 0.15) is 10.1 Å². The van der Waals surface area contributed by atoms with Crippen molar-refractivity contribution in [1.29, 1.82) is 0 Å². The minimum absolute atomic E-state index is 0.00509. The molecule has 1 aromatic heterocycles. The quantitative estimate of drug-likeness (QED) is 0.680. The maximum Gasteiger partial charge on any atom is 0.159 e. The van der Waals surface area contributed by atoms with Crippen LogP contribution < -0.4 is 0 Å². The van der Waals surface area contributed by atoms with E-state index in [0.717, 1.165) is 9.90 Å². The molecule has 0 saturated carbocycles. The van der Waals surface area contributed by atoms with Gasteiger partial charge in [0.2, 0.25) is 0 Å². The average Bonchev–Trinajstić information content (AvgIpc) is 2.80. The number of benzene rings is 1. The molecule has 0 radical (unpaired) electrons. The lowest BCUT2D eigenvalue weighted by Crippen LogP contribution is -1.93. The van der Waals surface area contributed by atoms with Crippen molar-refractivity contribution in [3.8, 4) is 5.75 Å². The number of carbonyl (C=O) groups is 1. The fraction of sp³-hybridized carbons (Fsp3) is 0.167. The third-order valence-corrected chi connectivity index (χ3v) is 4.26. The summed E-state index contributed by atoms with van der Waals surface area (Å²) in [7, 11) is 0. The lowest BCUT2D eigenvalue weighted by atomic mass is 10.1. The molecule has 3 nitrogen and oxygen atoms in total. The first-order chi connectivity index (χ1) is 8.16. The Kier molecular flexibility index (Phi) is 3.81. The highest BCUT2D eigenvalue weighted by Crippen LogP contribution is 2.29. The molecule has 5 heteroatoms. The van der Waals surface area contributed by atoms with E-state index in [1.807, 2.05) is 5.38 Å². The molecule has 17 heavy (non-hydrogen) atoms. The number of hydrogen-bond donors (Lipinski definition) is 1. The molecule has 0 fully saturated rings. The van der Waals surface area contributed by atoms with Crippen LogP contribution in [0.5, 0.6) is 5.75 Å². The second-order valence-corrected chi connectivity index (χ2v) is 5.60. The van der Waals surface area contributed by atoms with E-state index in [-0.39, 0.29) is 11.5 Å². The standard InChI is InChI=1S/C12H11NO2S2/c1-8(14)9-2-3-11(15)10(6-9)7-17-12-13-4-5-16-12/h2-6,15H,7H2,1H3. The van der Waals surface area contributed by atoms with Gasteiger partial charge >= 0.3 is 0 Å². The van der Waals surface area contributed by atoms with Gasteiger partial charge in [-0.25, -0.2) is 4.98 Å². The molecule has 1 aromatic carbocycles. The third kappa shape index (κ3) is 3.08. The number of phenols is 1. The van der Waals surface area contributed by atoms with E-state index in [2.05, 4.69) is 4.98 Å². The Morgan fingerprint density at radius 1 is 1.53 bits per heavy atom. The van der Waals surface area contributed by atoms with E-state index in [1.54, 1.807) is 47.5 Å². The van der Waals surface area contributed by atoms with Crippen LogP contribution in [0.25, 0.3) is 0 Å². The first kappa shape index (κ1) is 12.1. The first-order valence-corrected chi connectivity index (χ1v) is 6.88. The van der Waals surface area contributed by atoms with Crippen LogP contribution in [0, 0.1) is 0 Å². The molecule has 0 saturated heterocycles. The summed E-state index contributed by atoms with van der Waals surface area (Å²) in [6.45, 7) is 1.52. The SMILES string of the molecule is CC(=O)c1ccc(O)c(CSc2nccs2)c1. The molecule has 0 atom stereocenters. The van der Waals surface area contributed by atoms with Crippen LogP contribution in [0.1, 0.15) is 22.8 Å². The Morgan fingerprint density at radius 3 is 3.00 bits per heavy atom. The van der Waals surface area contributed by atoms with Gasteiger partial charge in [0.05, 0.1) is 0 Å². The van der Waals surface area contributed by atoms with Crippen LogP contribution >= 0.6 is 23.1 Å². The highest BCUT2D eigenvalue weighted by molar-refractivity contribution is 8.00. The molecule has 0 aliphatic rings. The van der Waals surface area contributed by atoms with E-state index >= 15 is 0 Å². The van der Waals surface area contributed by atoms with Crippen molar-refractivity contribution in [2.75, 3.05) is 0 Å². The molecule has 0 amide bonds. The van der Waals surface area contributed by atoms with Crippen molar-refractivity contribution in [3.63, 3.8) is 0 Å². The van der Waals surface area contributed by atoms with Crippen LogP contribution in [-0.2, 0) is 5.75 Å². The van der Waals surface area contributed by atoms with Crippen molar-refractivity contribution in [1.82, 2.24) is 4.98 Å². The number of nitrogens with zero attached hydrogens (tertiary/aromatic N) is 1. The Labute approximate surface area is 108 Å². The summed E-state index contributed by atoms with van der Waals surface area (Å²) >= 11 is 3.11. The van der Waals surface area contributed by atoms with Crippen LogP contribution in [0.2, 0.25) is 0 Å². The van der Waals surface area contributed by atoms with Crippen molar-refractivity contribution in [3.05, 3.63) is 40.9 Å². The number of aromatic nitrogens is 1. The summed E-state index contributed by atoms with van der Waals surface area (Å²) in [5, 5.41) is 11.6. The normalized spacial score (nSPS) is 10.4. The number of aromatic hydroxyl groups is 1. The minimum atomic E-state index is 0.00509. The zero-order chi connectivity index (χ0) is 12.3. The lowest BCUT2D eigenvalue weighted by molar-refractivity contribution is 0.101. The van der Waals surface area contributed by atoms with Gasteiger partial charge in [-0.2, -0.15) is 0 Å². The highest BCUT2D eigenvalue weighted by atomic mass is 32.2. The summed E-state index contributed by atoms with van der Waals surface area (Å²) in [5.41, 5.74) is 1.38. The van der Waals surface area contributed by atoms with Gasteiger partial charge in [-0.1, -0.05) is 11.8 Å². The number of thiazole rings is 1. The number of phenolic OH excluding ortho intramolecular Hbond substituents is 1. The van der Waals surface area contributed by atoms with Crippen molar-refractivity contribution < 1.29 is 9.90 Å². The second-order valence-electron chi connectivity index (χ2n) is 3.49. The minimum Gasteiger partial charge on any atom is -0.508 e. The van der Waals surface area contributed by atoms with Crippen LogP contribution in [0.15, 0.2) is 34.1 Å². The molecule has 0 unspecified atom stereocenters. The summed E-state index contributed by atoms with van der Waals surface area (Å²) in [6, 6.07) is 4.93. The number of hydrogen-bond acceptors (Lipinski definition) is 5. The molecular weight excluding hydrogens is 254 g/mol. The van der Waals surface area contributed by atoms with E-state index in [0.29, 0.717) is 11.3 Å². The largest absolute Gasteiger partial charge is 0.508 e. The molecule has 1 N–H and O–H groups in total. The van der Waals surface area contributed by atoms with Crippen molar-refractivity contribution >= 4 is 28.9 Å². The highest BCUT2D eigenvalue weighted by Gasteiger charge is 2.07. The molecule has 0 aliphatic carbocycles. The number of carbonyl (C=O) groups excluding carboxylic acids is 1. The third-order valence-electron chi connectivity index (χ3n) is 2.25. The molecule has 2 rings (SSSR count). The molecule has 0 bridgehead atoms. The Morgan fingerprint density at radius 2 is 2.35 bits per heavy atom. The number of rotatable bonds is 4. The maximum atomic E-state index is 11.2. The first-order valence-electron chi connectivity index (χ1n) is 5.02. The van der Waals surface area contributed by atoms with E-state index in [9.17, 15) is 9.90 Å². The molecule has 2 aromatic rings. The molecular formula is C12H11NO2S2. The summed E-state index contributed by atoms with van der Waals surface area (Å²) < 4.78 is 0.956. The lowest BCUT2D eigenvalue weighted by Gasteiger charge is -2.04. The Bertz CT molecular complexity index is 523. The van der Waals surface area contributed by atoms with E-state index < -0.39 is 0 Å². The van der Waals surface area contributed by atoms with Gasteiger partial charge in [0.15, 0.2) is 5.78 Å². The van der Waals surface area contributed by atoms with Gasteiger partial charge in [-0.05, 0) is 25.1 Å². The van der Waals surface area contributed by atoms with Gasteiger partial charge in [0, 0.05) is 28.5 Å². The van der Waals surface area contributed by atoms with Gasteiger partial charge < -0.3 is 5.11 Å². The fourth-order valence-corrected chi connectivity index (χ4v) is 2.96. The number of Topliss-reactive ketones (excluding diaryl/α,β-unsaturated/α-hetero) is 1. The molecule has 88 valence electrons. The van der Waals surface area contributed by atoms with Crippen LogP contribution in [-0.4, -0.2) is 15.9 Å². The predicted octanol–water partition coefficient (Wildman–Crippen LogP) is 3.34. The van der Waals surface area contributed by atoms with Crippen LogP contribution in [0.3, 0.4) is 0 Å². The van der Waals surface area contributed by atoms with E-state index in [4.69, 9.17) is 0 Å². The fourth-order valence-electron chi connectivity index (χ4n) is 1.34. The number of ketones is 1. The number of thioether (sulfide) groups is 1. The Balaban J connectivity index is 2.14. The zero-order valence-corrected chi connectivity index (χ0v) is 10.8.